The number of H-pyrrole nitrogens is 1. The molecule has 7 heteroatoms. The highest BCUT2D eigenvalue weighted by molar-refractivity contribution is 5.92. The van der Waals surface area contributed by atoms with E-state index < -0.39 is 11.6 Å². The number of carbonyl (C=O) groups excluding carboxylic acids is 1. The molecule has 0 aliphatic carbocycles. The Morgan fingerprint density at radius 1 is 1.10 bits per heavy atom. The number of nitrogens with one attached hydrogen (secondary N) is 2. The first kappa shape index (κ1) is 20.8. The molecule has 0 radical (unpaired) electrons. The number of carbonyl (C=O) groups is 1. The van der Waals surface area contributed by atoms with Crippen LogP contribution < -0.4 is 5.32 Å². The van der Waals surface area contributed by atoms with Crippen LogP contribution in [0.4, 0.5) is 18.0 Å². The lowest BCUT2D eigenvalue weighted by molar-refractivity contribution is 0.152. The highest BCUT2D eigenvalue weighted by Gasteiger charge is 2.35. The quantitative estimate of drug-likeness (QED) is 0.604. The van der Waals surface area contributed by atoms with E-state index in [-0.39, 0.29) is 23.3 Å². The summed E-state index contributed by atoms with van der Waals surface area (Å²) in [5.74, 6) is -1.78. The van der Waals surface area contributed by atoms with Crippen molar-refractivity contribution in [3.05, 3.63) is 59.4 Å². The molecule has 1 aromatic heterocycles. The summed E-state index contributed by atoms with van der Waals surface area (Å²) >= 11 is 0. The zero-order chi connectivity index (χ0) is 21.1. The van der Waals surface area contributed by atoms with E-state index >= 15 is 0 Å². The fraction of sp³-hybridized carbons (Fsp3) is 0.318. The minimum atomic E-state index is -0.681. The highest BCUT2D eigenvalue weighted by atomic mass is 19.1. The average Bonchev–Trinajstić information content (AvgIpc) is 3.03. The minimum Gasteiger partial charge on any atom is -0.352 e. The summed E-state index contributed by atoms with van der Waals surface area (Å²) in [5, 5.41) is 3.19. The van der Waals surface area contributed by atoms with Gasteiger partial charge in [0.15, 0.2) is 0 Å². The van der Waals surface area contributed by atoms with Gasteiger partial charge in [-0.2, -0.15) is 0 Å². The molecular weight excluding hydrogens is 379 g/mol. The number of hydrogen-bond donors (Lipinski definition) is 2. The largest absolute Gasteiger partial charge is 0.352 e. The number of hydrogen-bond acceptors (Lipinski definition) is 1. The minimum absolute atomic E-state index is 0.0670. The Labute approximate surface area is 167 Å². The third kappa shape index (κ3) is 3.95. The summed E-state index contributed by atoms with van der Waals surface area (Å²) in [6, 6.07) is 7.81. The molecule has 0 unspecified atom stereocenters. The van der Waals surface area contributed by atoms with Crippen LogP contribution in [0.2, 0.25) is 0 Å². The van der Waals surface area contributed by atoms with E-state index in [0.717, 1.165) is 11.6 Å². The Hall–Kier alpha value is -2.96. The Bertz CT molecular complexity index is 1010. The lowest BCUT2D eigenvalue weighted by atomic mass is 9.87. The van der Waals surface area contributed by atoms with Crippen LogP contribution in [0.3, 0.4) is 0 Å². The van der Waals surface area contributed by atoms with E-state index in [2.05, 4.69) is 10.3 Å². The van der Waals surface area contributed by atoms with Crippen LogP contribution in [0.5, 0.6) is 0 Å². The van der Waals surface area contributed by atoms with Gasteiger partial charge in [0.05, 0.1) is 11.2 Å². The number of urea groups is 1. The van der Waals surface area contributed by atoms with Gasteiger partial charge in [0, 0.05) is 37.0 Å². The second kappa shape index (κ2) is 8.59. The van der Waals surface area contributed by atoms with E-state index in [4.69, 9.17) is 0 Å². The normalized spacial score (nSPS) is 13.7. The molecular formula is C22H24F3N3O. The number of aromatic amines is 1. The van der Waals surface area contributed by atoms with Crippen molar-refractivity contribution >= 4 is 16.9 Å². The maximum atomic E-state index is 14.3. The van der Waals surface area contributed by atoms with Crippen molar-refractivity contribution in [3.63, 3.8) is 0 Å². The molecule has 0 bridgehead atoms. The molecule has 4 nitrogen and oxygen atoms in total. The lowest BCUT2D eigenvalue weighted by Crippen LogP contribution is -2.52. The molecule has 1 aliphatic rings. The smallest absolute Gasteiger partial charge is 0.317 e. The fourth-order valence-electron chi connectivity index (χ4n) is 3.60. The van der Waals surface area contributed by atoms with E-state index in [1.54, 1.807) is 17.0 Å². The average molecular weight is 403 g/mol. The van der Waals surface area contributed by atoms with Crippen LogP contribution >= 0.6 is 0 Å². The number of benzene rings is 2. The summed E-state index contributed by atoms with van der Waals surface area (Å²) in [5.41, 5.74) is 2.26. The predicted molar refractivity (Wildman–Crippen MR) is 108 cm³/mol. The molecule has 2 heterocycles. The SMILES string of the molecule is CC.CCNC(=O)N1CC(c2c(-c3ccc(F)cc3)[nH]c3c(F)cc(F)cc23)C1. The third-order valence-electron chi connectivity index (χ3n) is 4.90. The molecule has 3 aromatic rings. The molecule has 1 fully saturated rings. The van der Waals surface area contributed by atoms with E-state index in [1.807, 2.05) is 20.8 Å². The van der Waals surface area contributed by atoms with Crippen molar-refractivity contribution in [2.24, 2.45) is 0 Å². The second-order valence-electron chi connectivity index (χ2n) is 6.67. The summed E-state index contributed by atoms with van der Waals surface area (Å²) in [6.07, 6.45) is 0. The van der Waals surface area contributed by atoms with Gasteiger partial charge in [-0.3, -0.25) is 0 Å². The lowest BCUT2D eigenvalue weighted by Gasteiger charge is -2.39. The topological polar surface area (TPSA) is 48.1 Å². The summed E-state index contributed by atoms with van der Waals surface area (Å²) < 4.78 is 41.5. The number of halogens is 3. The predicted octanol–water partition coefficient (Wildman–Crippen LogP) is 5.41. The van der Waals surface area contributed by atoms with E-state index in [0.29, 0.717) is 36.3 Å². The molecule has 0 saturated carbocycles. The Morgan fingerprint density at radius 3 is 2.38 bits per heavy atom. The van der Waals surface area contributed by atoms with Crippen molar-refractivity contribution in [3.8, 4) is 11.3 Å². The van der Waals surface area contributed by atoms with Gasteiger partial charge >= 0.3 is 6.03 Å². The van der Waals surface area contributed by atoms with Gasteiger partial charge in [0.1, 0.15) is 17.5 Å². The first-order valence-corrected chi connectivity index (χ1v) is 9.77. The van der Waals surface area contributed by atoms with Crippen molar-refractivity contribution in [1.29, 1.82) is 0 Å². The van der Waals surface area contributed by atoms with Gasteiger partial charge in [-0.25, -0.2) is 18.0 Å². The van der Waals surface area contributed by atoms with Gasteiger partial charge in [-0.05, 0) is 48.4 Å². The van der Waals surface area contributed by atoms with Gasteiger partial charge < -0.3 is 15.2 Å². The van der Waals surface area contributed by atoms with E-state index in [1.165, 1.54) is 18.2 Å². The van der Waals surface area contributed by atoms with Crippen LogP contribution in [0, 0.1) is 17.5 Å². The third-order valence-corrected chi connectivity index (χ3v) is 4.90. The number of fused-ring (bicyclic) bond motifs is 1. The van der Waals surface area contributed by atoms with Crippen LogP contribution in [0.25, 0.3) is 22.2 Å². The van der Waals surface area contributed by atoms with Crippen molar-refractivity contribution in [2.75, 3.05) is 19.6 Å². The monoisotopic (exact) mass is 403 g/mol. The van der Waals surface area contributed by atoms with Crippen LogP contribution in [0.15, 0.2) is 36.4 Å². The summed E-state index contributed by atoms with van der Waals surface area (Å²) in [6.45, 7) is 7.27. The van der Waals surface area contributed by atoms with Crippen molar-refractivity contribution in [2.45, 2.75) is 26.7 Å². The first-order valence-electron chi connectivity index (χ1n) is 9.77. The molecule has 0 spiro atoms. The Kier molecular flexibility index (Phi) is 6.15. The molecule has 154 valence electrons. The molecule has 2 N–H and O–H groups in total. The molecule has 2 aromatic carbocycles. The Morgan fingerprint density at radius 2 is 1.76 bits per heavy atom. The number of amides is 2. The van der Waals surface area contributed by atoms with Gasteiger partial charge in [-0.1, -0.05) is 13.8 Å². The molecule has 0 atom stereocenters. The molecule has 1 aliphatic heterocycles. The van der Waals surface area contributed by atoms with Crippen LogP contribution in [-0.2, 0) is 0 Å². The molecule has 1 saturated heterocycles. The second-order valence-corrected chi connectivity index (χ2v) is 6.67. The standard InChI is InChI=1S/C20H18F3N3O.C2H6/c1-2-24-20(27)26-9-12(10-26)17-15-7-14(22)8-16(23)19(15)25-18(17)11-3-5-13(21)6-4-11;1-2/h3-8,12,25H,2,9-10H2,1H3,(H,24,27);1-2H3. The number of rotatable bonds is 3. The van der Waals surface area contributed by atoms with Crippen LogP contribution in [0.1, 0.15) is 32.3 Å². The number of aromatic nitrogens is 1. The number of nitrogens with zero attached hydrogens (tertiary/aromatic N) is 1. The van der Waals surface area contributed by atoms with Gasteiger partial charge in [0.25, 0.3) is 0 Å². The maximum absolute atomic E-state index is 14.3. The zero-order valence-electron chi connectivity index (χ0n) is 16.7. The van der Waals surface area contributed by atoms with Crippen molar-refractivity contribution in [1.82, 2.24) is 15.2 Å². The summed E-state index contributed by atoms with van der Waals surface area (Å²) in [4.78, 5) is 16.6. The summed E-state index contributed by atoms with van der Waals surface area (Å²) in [7, 11) is 0. The molecule has 4 rings (SSSR count). The van der Waals surface area contributed by atoms with Crippen molar-refractivity contribution < 1.29 is 18.0 Å². The highest BCUT2D eigenvalue weighted by Crippen LogP contribution is 2.40. The zero-order valence-corrected chi connectivity index (χ0v) is 16.7. The Balaban J connectivity index is 0.00000117. The van der Waals surface area contributed by atoms with Gasteiger partial charge in [0.2, 0.25) is 0 Å². The maximum Gasteiger partial charge on any atom is 0.317 e. The van der Waals surface area contributed by atoms with Gasteiger partial charge in [-0.15, -0.1) is 0 Å². The number of likely N-dealkylation sites (tertiary alicyclic amines) is 1. The molecule has 2 amide bonds. The van der Waals surface area contributed by atoms with Crippen LogP contribution in [-0.4, -0.2) is 35.5 Å². The fourth-order valence-corrected chi connectivity index (χ4v) is 3.60. The molecule has 29 heavy (non-hydrogen) atoms. The first-order chi connectivity index (χ1) is 14.0. The van der Waals surface area contributed by atoms with E-state index in [9.17, 15) is 18.0 Å².